The minimum Gasteiger partial charge on any atom is -0.444 e. The summed E-state index contributed by atoms with van der Waals surface area (Å²) in [7, 11) is 0. The Hall–Kier alpha value is -2.52. The lowest BCUT2D eigenvalue weighted by Crippen LogP contribution is -2.32. The van der Waals surface area contributed by atoms with Crippen LogP contribution < -0.4 is 11.0 Å². The van der Waals surface area contributed by atoms with Crippen molar-refractivity contribution in [3.8, 4) is 0 Å². The molecule has 0 radical (unpaired) electrons. The summed E-state index contributed by atoms with van der Waals surface area (Å²) in [4.78, 5) is 55.5. The summed E-state index contributed by atoms with van der Waals surface area (Å²) in [6, 6.07) is 0. The molecule has 0 heterocycles. The Morgan fingerprint density at radius 1 is 0.621 bits per heavy atom. The second-order valence-electron chi connectivity index (χ2n) is 7.34. The van der Waals surface area contributed by atoms with Crippen LogP contribution in [-0.4, -0.2) is 36.3 Å². The van der Waals surface area contributed by atoms with E-state index in [9.17, 15) is 19.2 Å². The molecule has 0 bridgehead atoms. The molecule has 0 aromatic carbocycles. The van der Waals surface area contributed by atoms with Crippen LogP contribution in [-0.2, 0) is 28.7 Å². The minimum absolute atomic E-state index is 0.106. The highest BCUT2D eigenvalue weighted by Gasteiger charge is 2.20. The first-order valence-electron chi connectivity index (χ1n) is 10.4. The molecule has 164 valence electrons. The largest absolute Gasteiger partial charge is 0.444 e. The highest BCUT2D eigenvalue weighted by Crippen LogP contribution is 2.21. The van der Waals surface area contributed by atoms with E-state index >= 15 is 0 Å². The predicted molar refractivity (Wildman–Crippen MR) is 99.0 cm³/mol. The molecule has 10 nitrogen and oxygen atoms in total. The highest BCUT2D eigenvalue weighted by molar-refractivity contribution is 5.75. The van der Waals surface area contributed by atoms with Crippen molar-refractivity contribution in [1.29, 1.82) is 0 Å². The van der Waals surface area contributed by atoms with Crippen molar-refractivity contribution >= 4 is 24.1 Å². The third-order valence-corrected chi connectivity index (χ3v) is 4.91. The van der Waals surface area contributed by atoms with Crippen molar-refractivity contribution in [3.05, 3.63) is 0 Å². The van der Waals surface area contributed by atoms with E-state index in [4.69, 9.17) is 9.47 Å². The average molecular weight is 414 g/mol. The Balaban J connectivity index is 1.47. The van der Waals surface area contributed by atoms with Crippen LogP contribution in [0.15, 0.2) is 0 Å². The highest BCUT2D eigenvalue weighted by atomic mass is 16.7. The number of hydrogen-bond donors (Lipinski definition) is 2. The van der Waals surface area contributed by atoms with Gasteiger partial charge in [0.05, 0.1) is 0 Å². The second kappa shape index (κ2) is 12.8. The summed E-state index contributed by atoms with van der Waals surface area (Å²) in [5, 5.41) is 0. The third-order valence-electron chi connectivity index (χ3n) is 4.91. The number of amides is 2. The van der Waals surface area contributed by atoms with Gasteiger partial charge in [-0.05, 0) is 57.8 Å². The lowest BCUT2D eigenvalue weighted by Gasteiger charge is -2.21. The first kappa shape index (κ1) is 22.8. The van der Waals surface area contributed by atoms with E-state index in [1.54, 1.807) is 0 Å². The zero-order chi connectivity index (χ0) is 20.9. The van der Waals surface area contributed by atoms with E-state index < -0.39 is 24.1 Å². The molecule has 0 saturated heterocycles. The lowest BCUT2D eigenvalue weighted by molar-refractivity contribution is -0.152. The van der Waals surface area contributed by atoms with Gasteiger partial charge in [0.2, 0.25) is 0 Å². The number of rotatable bonds is 6. The van der Waals surface area contributed by atoms with Crippen LogP contribution in [0.3, 0.4) is 0 Å². The Morgan fingerprint density at radius 3 is 1.38 bits per heavy atom. The molecule has 2 aliphatic carbocycles. The number of nitrogens with one attached hydrogen (secondary N) is 2. The zero-order valence-electron chi connectivity index (χ0n) is 16.6. The maximum absolute atomic E-state index is 11.6. The van der Waals surface area contributed by atoms with Crippen LogP contribution in [0, 0.1) is 0 Å². The summed E-state index contributed by atoms with van der Waals surface area (Å²) in [6.07, 6.45) is 7.61. The molecule has 2 fully saturated rings. The number of hydroxylamine groups is 2. The van der Waals surface area contributed by atoms with Gasteiger partial charge in [-0.15, -0.1) is 11.0 Å². The van der Waals surface area contributed by atoms with E-state index in [0.29, 0.717) is 0 Å². The molecule has 2 amide bonds. The van der Waals surface area contributed by atoms with Gasteiger partial charge >= 0.3 is 24.1 Å². The summed E-state index contributed by atoms with van der Waals surface area (Å²) < 4.78 is 10.3. The molecular formula is C19H30N2O8. The van der Waals surface area contributed by atoms with Gasteiger partial charge in [-0.2, -0.15) is 0 Å². The van der Waals surface area contributed by atoms with Crippen molar-refractivity contribution in [3.63, 3.8) is 0 Å². The van der Waals surface area contributed by atoms with E-state index in [0.717, 1.165) is 64.2 Å². The maximum atomic E-state index is 11.6. The van der Waals surface area contributed by atoms with Gasteiger partial charge < -0.3 is 19.1 Å². The monoisotopic (exact) mass is 414 g/mol. The summed E-state index contributed by atoms with van der Waals surface area (Å²) in [5.74, 6) is -1.41. The zero-order valence-corrected chi connectivity index (χ0v) is 16.6. The van der Waals surface area contributed by atoms with Gasteiger partial charge in [0.1, 0.15) is 12.2 Å². The van der Waals surface area contributed by atoms with Crippen LogP contribution in [0.25, 0.3) is 0 Å². The van der Waals surface area contributed by atoms with Gasteiger partial charge in [0, 0.05) is 12.8 Å². The average Bonchev–Trinajstić information content (AvgIpc) is 2.72. The van der Waals surface area contributed by atoms with Gasteiger partial charge in [0.25, 0.3) is 0 Å². The van der Waals surface area contributed by atoms with E-state index in [1.807, 2.05) is 11.0 Å². The molecule has 0 aromatic rings. The smallest absolute Gasteiger partial charge is 0.440 e. The molecule has 2 aliphatic rings. The summed E-state index contributed by atoms with van der Waals surface area (Å²) in [6.45, 7) is 0. The SMILES string of the molecule is O=C(CCCC(=O)ONC(=O)OC1CCCCC1)ONC(=O)OC1CCCCC1. The molecule has 0 atom stereocenters. The number of ether oxygens (including phenoxy) is 2. The molecule has 0 unspecified atom stereocenters. The van der Waals surface area contributed by atoms with Crippen LogP contribution in [0.1, 0.15) is 83.5 Å². The van der Waals surface area contributed by atoms with Gasteiger partial charge in [-0.3, -0.25) is 0 Å². The Labute approximate surface area is 169 Å². The normalized spacial score (nSPS) is 17.7. The van der Waals surface area contributed by atoms with E-state index in [1.165, 1.54) is 0 Å². The molecule has 2 N–H and O–H groups in total. The van der Waals surface area contributed by atoms with Crippen LogP contribution in [0.4, 0.5) is 9.59 Å². The standard InChI is InChI=1S/C19H30N2O8/c22-16(28-20-18(24)26-14-8-3-1-4-9-14)12-7-13-17(23)29-21-19(25)27-15-10-5-2-6-11-15/h14-15H,1-13H2,(H,20,24)(H,21,25). The van der Waals surface area contributed by atoms with Gasteiger partial charge in [0.15, 0.2) is 0 Å². The molecule has 2 saturated carbocycles. The first-order chi connectivity index (χ1) is 14.0. The molecular weight excluding hydrogens is 384 g/mol. The summed E-state index contributed by atoms with van der Waals surface area (Å²) >= 11 is 0. The lowest BCUT2D eigenvalue weighted by atomic mass is 9.98. The van der Waals surface area contributed by atoms with E-state index in [2.05, 4.69) is 9.68 Å². The van der Waals surface area contributed by atoms with E-state index in [-0.39, 0.29) is 31.5 Å². The fourth-order valence-corrected chi connectivity index (χ4v) is 3.39. The Morgan fingerprint density at radius 2 is 1.00 bits per heavy atom. The fourth-order valence-electron chi connectivity index (χ4n) is 3.39. The second-order valence-corrected chi connectivity index (χ2v) is 7.34. The summed E-state index contributed by atoms with van der Waals surface area (Å²) in [5.41, 5.74) is 3.89. The number of carbonyl (C=O) groups is 4. The van der Waals surface area contributed by atoms with Crippen molar-refractivity contribution in [1.82, 2.24) is 11.0 Å². The Kier molecular flexibility index (Phi) is 10.1. The fraction of sp³-hybridized carbons (Fsp3) is 0.789. The van der Waals surface area contributed by atoms with Gasteiger partial charge in [-0.25, -0.2) is 19.2 Å². The van der Waals surface area contributed by atoms with Crippen molar-refractivity contribution in [2.24, 2.45) is 0 Å². The molecule has 2 rings (SSSR count). The van der Waals surface area contributed by atoms with Crippen molar-refractivity contribution in [2.45, 2.75) is 95.7 Å². The molecule has 0 spiro atoms. The molecule has 10 heteroatoms. The topological polar surface area (TPSA) is 129 Å². The molecule has 0 aliphatic heterocycles. The molecule has 29 heavy (non-hydrogen) atoms. The minimum atomic E-state index is -0.801. The number of carbonyl (C=O) groups excluding carboxylic acids is 4. The van der Waals surface area contributed by atoms with Crippen molar-refractivity contribution in [2.75, 3.05) is 0 Å². The number of hydrogen-bond acceptors (Lipinski definition) is 8. The van der Waals surface area contributed by atoms with Gasteiger partial charge in [-0.1, -0.05) is 12.8 Å². The van der Waals surface area contributed by atoms with Crippen LogP contribution in [0.2, 0.25) is 0 Å². The molecule has 0 aromatic heterocycles. The predicted octanol–water partition coefficient (Wildman–Crippen LogP) is 3.19. The third kappa shape index (κ3) is 10.00. The maximum Gasteiger partial charge on any atom is 0.440 e. The van der Waals surface area contributed by atoms with Crippen LogP contribution in [0.5, 0.6) is 0 Å². The van der Waals surface area contributed by atoms with Crippen molar-refractivity contribution < 1.29 is 38.3 Å². The quantitative estimate of drug-likeness (QED) is 0.501. The first-order valence-corrected chi connectivity index (χ1v) is 10.4. The van der Waals surface area contributed by atoms with Crippen LogP contribution >= 0.6 is 0 Å². The Bertz CT molecular complexity index is 508.